The Morgan fingerprint density at radius 2 is 1.44 bits per heavy atom. The normalized spacial score (nSPS) is 22.2. The number of benzene rings is 1. The van der Waals surface area contributed by atoms with Crippen molar-refractivity contribution in [1.82, 2.24) is 0 Å². The van der Waals surface area contributed by atoms with Crippen molar-refractivity contribution in [2.24, 2.45) is 0 Å². The van der Waals surface area contributed by atoms with Crippen LogP contribution in [0.1, 0.15) is 89.0 Å². The molecule has 1 aliphatic rings. The van der Waals surface area contributed by atoms with Gasteiger partial charge < -0.3 is 9.47 Å². The van der Waals surface area contributed by atoms with Crippen LogP contribution in [0.5, 0.6) is 5.75 Å². The van der Waals surface area contributed by atoms with E-state index in [-0.39, 0.29) is 6.29 Å². The highest BCUT2D eigenvalue weighted by Gasteiger charge is 2.11. The SMILES string of the molecule is C=Cc1cccc(OC2CCCCCCCCCCCCCCO2)c1. The summed E-state index contributed by atoms with van der Waals surface area (Å²) >= 11 is 0. The lowest BCUT2D eigenvalue weighted by Gasteiger charge is -2.20. The molecule has 1 heterocycles. The Balaban J connectivity index is 1.83. The summed E-state index contributed by atoms with van der Waals surface area (Å²) < 4.78 is 12.2. The molecule has 2 rings (SSSR count). The van der Waals surface area contributed by atoms with Gasteiger partial charge in [-0.25, -0.2) is 0 Å². The molecular weight excluding hydrogens is 308 g/mol. The van der Waals surface area contributed by atoms with Crippen molar-refractivity contribution in [2.75, 3.05) is 6.61 Å². The van der Waals surface area contributed by atoms with Crippen LogP contribution >= 0.6 is 0 Å². The molecule has 1 aliphatic heterocycles. The standard InChI is InChI=1S/C23H36O2/c1-2-21-16-15-17-22(20-21)25-23-18-13-11-9-7-5-3-4-6-8-10-12-14-19-24-23/h2,15-17,20,23H,1,3-14,18-19H2. The monoisotopic (exact) mass is 344 g/mol. The predicted octanol–water partition coefficient (Wildman–Crippen LogP) is 7.14. The average molecular weight is 345 g/mol. The highest BCUT2D eigenvalue weighted by atomic mass is 16.7. The zero-order valence-electron chi connectivity index (χ0n) is 15.9. The van der Waals surface area contributed by atoms with Crippen molar-refractivity contribution in [3.8, 4) is 5.75 Å². The summed E-state index contributed by atoms with van der Waals surface area (Å²) in [5, 5.41) is 0. The fourth-order valence-corrected chi connectivity index (χ4v) is 3.44. The molecule has 1 unspecified atom stereocenters. The molecule has 1 aromatic carbocycles. The minimum Gasteiger partial charge on any atom is -0.465 e. The molecule has 2 nitrogen and oxygen atoms in total. The second-order valence-corrected chi connectivity index (χ2v) is 7.23. The van der Waals surface area contributed by atoms with E-state index in [0.717, 1.165) is 30.8 Å². The summed E-state index contributed by atoms with van der Waals surface area (Å²) in [6.45, 7) is 4.64. The van der Waals surface area contributed by atoms with Gasteiger partial charge in [-0.1, -0.05) is 89.0 Å². The van der Waals surface area contributed by atoms with Crippen molar-refractivity contribution in [2.45, 2.75) is 89.8 Å². The quantitative estimate of drug-likeness (QED) is 0.580. The molecule has 0 saturated carbocycles. The van der Waals surface area contributed by atoms with E-state index in [1.807, 2.05) is 30.3 Å². The van der Waals surface area contributed by atoms with Crippen LogP contribution in [0.3, 0.4) is 0 Å². The van der Waals surface area contributed by atoms with E-state index in [4.69, 9.17) is 9.47 Å². The predicted molar refractivity (Wildman–Crippen MR) is 107 cm³/mol. The molecule has 2 heteroatoms. The van der Waals surface area contributed by atoms with Gasteiger partial charge in [-0.3, -0.25) is 0 Å². The third-order valence-corrected chi connectivity index (χ3v) is 5.00. The third-order valence-electron chi connectivity index (χ3n) is 5.00. The van der Waals surface area contributed by atoms with Crippen LogP contribution in [0.15, 0.2) is 30.8 Å². The lowest BCUT2D eigenvalue weighted by Crippen LogP contribution is -2.21. The van der Waals surface area contributed by atoms with Crippen LogP contribution in [0.25, 0.3) is 6.08 Å². The van der Waals surface area contributed by atoms with Crippen LogP contribution in [-0.4, -0.2) is 12.9 Å². The summed E-state index contributed by atoms with van der Waals surface area (Å²) in [6.07, 6.45) is 18.7. The van der Waals surface area contributed by atoms with Gasteiger partial charge in [0, 0.05) is 6.42 Å². The summed E-state index contributed by atoms with van der Waals surface area (Å²) in [5.41, 5.74) is 1.09. The first-order valence-corrected chi connectivity index (χ1v) is 10.4. The van der Waals surface area contributed by atoms with Crippen LogP contribution in [0.2, 0.25) is 0 Å². The van der Waals surface area contributed by atoms with Crippen molar-refractivity contribution >= 4 is 6.08 Å². The molecule has 1 saturated heterocycles. The topological polar surface area (TPSA) is 18.5 Å². The molecule has 1 fully saturated rings. The van der Waals surface area contributed by atoms with E-state index in [2.05, 4.69) is 6.58 Å². The number of hydrogen-bond acceptors (Lipinski definition) is 2. The summed E-state index contributed by atoms with van der Waals surface area (Å²) in [4.78, 5) is 0. The minimum absolute atomic E-state index is 0.118. The van der Waals surface area contributed by atoms with E-state index in [1.54, 1.807) is 0 Å². The molecule has 0 spiro atoms. The molecule has 0 aliphatic carbocycles. The first kappa shape index (κ1) is 20.0. The average Bonchev–Trinajstić information content (AvgIpc) is 2.63. The third kappa shape index (κ3) is 9.11. The lowest BCUT2D eigenvalue weighted by atomic mass is 10.0. The minimum atomic E-state index is -0.118. The van der Waals surface area contributed by atoms with Crippen LogP contribution < -0.4 is 4.74 Å². The molecule has 0 bridgehead atoms. The largest absolute Gasteiger partial charge is 0.465 e. The maximum Gasteiger partial charge on any atom is 0.199 e. The van der Waals surface area contributed by atoms with Crippen molar-refractivity contribution in [3.05, 3.63) is 36.4 Å². The fourth-order valence-electron chi connectivity index (χ4n) is 3.44. The Morgan fingerprint density at radius 3 is 2.08 bits per heavy atom. The van der Waals surface area contributed by atoms with Gasteiger partial charge in [-0.15, -0.1) is 0 Å². The Morgan fingerprint density at radius 1 is 0.840 bits per heavy atom. The van der Waals surface area contributed by atoms with Gasteiger partial charge in [0.2, 0.25) is 0 Å². The highest BCUT2D eigenvalue weighted by Crippen LogP contribution is 2.20. The molecule has 140 valence electrons. The first-order valence-electron chi connectivity index (χ1n) is 10.4. The van der Waals surface area contributed by atoms with E-state index in [1.165, 1.54) is 70.6 Å². The lowest BCUT2D eigenvalue weighted by molar-refractivity contribution is -0.0865. The van der Waals surface area contributed by atoms with E-state index in [0.29, 0.717) is 0 Å². The molecule has 0 radical (unpaired) electrons. The summed E-state index contributed by atoms with van der Waals surface area (Å²) in [5.74, 6) is 0.886. The fraction of sp³-hybridized carbons (Fsp3) is 0.652. The zero-order chi connectivity index (χ0) is 17.6. The first-order chi connectivity index (χ1) is 12.4. The second-order valence-electron chi connectivity index (χ2n) is 7.23. The molecule has 25 heavy (non-hydrogen) atoms. The smallest absolute Gasteiger partial charge is 0.199 e. The Hall–Kier alpha value is -1.28. The second kappa shape index (κ2) is 13.0. The highest BCUT2D eigenvalue weighted by molar-refractivity contribution is 5.49. The van der Waals surface area contributed by atoms with Crippen LogP contribution in [0.4, 0.5) is 0 Å². The number of hydrogen-bond donors (Lipinski definition) is 0. The van der Waals surface area contributed by atoms with E-state index in [9.17, 15) is 0 Å². The van der Waals surface area contributed by atoms with Gasteiger partial charge in [-0.2, -0.15) is 0 Å². The molecule has 0 amide bonds. The zero-order valence-corrected chi connectivity index (χ0v) is 15.9. The van der Waals surface area contributed by atoms with Gasteiger partial charge in [-0.05, 0) is 30.5 Å². The number of rotatable bonds is 3. The molecular formula is C23H36O2. The van der Waals surface area contributed by atoms with Crippen molar-refractivity contribution < 1.29 is 9.47 Å². The van der Waals surface area contributed by atoms with E-state index >= 15 is 0 Å². The van der Waals surface area contributed by atoms with Gasteiger partial charge >= 0.3 is 0 Å². The van der Waals surface area contributed by atoms with Gasteiger partial charge in [0.1, 0.15) is 5.75 Å². The summed E-state index contributed by atoms with van der Waals surface area (Å²) in [6, 6.07) is 8.10. The van der Waals surface area contributed by atoms with Gasteiger partial charge in [0.15, 0.2) is 6.29 Å². The van der Waals surface area contributed by atoms with Crippen molar-refractivity contribution in [3.63, 3.8) is 0 Å². The Bertz CT molecular complexity index is 453. The Kier molecular flexibility index (Phi) is 10.4. The Labute approximate surface area is 154 Å². The molecule has 0 N–H and O–H groups in total. The van der Waals surface area contributed by atoms with Gasteiger partial charge in [0.25, 0.3) is 0 Å². The van der Waals surface area contributed by atoms with Crippen LogP contribution in [0, 0.1) is 0 Å². The van der Waals surface area contributed by atoms with Crippen molar-refractivity contribution in [1.29, 1.82) is 0 Å². The maximum atomic E-state index is 6.13. The van der Waals surface area contributed by atoms with Gasteiger partial charge in [0.05, 0.1) is 6.61 Å². The molecule has 1 atom stereocenters. The number of ether oxygens (including phenoxy) is 2. The molecule has 0 aromatic heterocycles. The van der Waals surface area contributed by atoms with E-state index < -0.39 is 0 Å². The van der Waals surface area contributed by atoms with Crippen LogP contribution in [-0.2, 0) is 4.74 Å². The maximum absolute atomic E-state index is 6.13. The summed E-state index contributed by atoms with van der Waals surface area (Å²) in [7, 11) is 0. The molecule has 1 aromatic rings.